The van der Waals surface area contributed by atoms with E-state index in [9.17, 15) is 19.2 Å². The number of nitrogens with one attached hydrogen (secondary N) is 1. The second kappa shape index (κ2) is 10.1. The van der Waals surface area contributed by atoms with E-state index >= 15 is 0 Å². The number of esters is 1. The van der Waals surface area contributed by atoms with Gasteiger partial charge in [-0.05, 0) is 69.2 Å². The summed E-state index contributed by atoms with van der Waals surface area (Å²) >= 11 is 0. The minimum absolute atomic E-state index is 0.103. The van der Waals surface area contributed by atoms with Crippen LogP contribution in [0, 0.1) is 0 Å². The molecule has 8 heteroatoms. The van der Waals surface area contributed by atoms with Crippen molar-refractivity contribution in [3.8, 4) is 5.75 Å². The largest absolute Gasteiger partial charge is 0.494 e. The Hall–Kier alpha value is -3.68. The summed E-state index contributed by atoms with van der Waals surface area (Å²) in [6.07, 6.45) is 4.21. The lowest BCUT2D eigenvalue weighted by Gasteiger charge is -2.24. The molecule has 0 saturated heterocycles. The molecule has 1 fully saturated rings. The molecule has 8 nitrogen and oxygen atoms in total. The first-order valence-corrected chi connectivity index (χ1v) is 11.7. The fourth-order valence-corrected chi connectivity index (χ4v) is 4.31. The van der Waals surface area contributed by atoms with Gasteiger partial charge < -0.3 is 14.8 Å². The maximum absolute atomic E-state index is 13.0. The van der Waals surface area contributed by atoms with Crippen LogP contribution < -0.4 is 15.0 Å². The molecule has 3 amide bonds. The highest BCUT2D eigenvalue weighted by Gasteiger charge is 2.37. The Morgan fingerprint density at radius 2 is 1.68 bits per heavy atom. The Morgan fingerprint density at radius 1 is 1.00 bits per heavy atom. The van der Waals surface area contributed by atoms with Crippen LogP contribution in [-0.4, -0.2) is 42.4 Å². The molecule has 1 N–H and O–H groups in total. The Labute approximate surface area is 198 Å². The zero-order valence-corrected chi connectivity index (χ0v) is 19.3. The van der Waals surface area contributed by atoms with E-state index in [-0.39, 0.29) is 28.6 Å². The average Bonchev–Trinajstić information content (AvgIpc) is 3.09. The van der Waals surface area contributed by atoms with Gasteiger partial charge in [0.05, 0.1) is 29.0 Å². The van der Waals surface area contributed by atoms with E-state index < -0.39 is 23.9 Å². The first-order chi connectivity index (χ1) is 16.4. The number of carbonyl (C=O) groups excluding carboxylic acids is 4. The molecule has 0 radical (unpaired) electrons. The lowest BCUT2D eigenvalue weighted by molar-refractivity contribution is -0.130. The summed E-state index contributed by atoms with van der Waals surface area (Å²) in [5.41, 5.74) is 0.837. The van der Waals surface area contributed by atoms with Crippen LogP contribution in [0.3, 0.4) is 0 Å². The van der Waals surface area contributed by atoms with Gasteiger partial charge in [-0.2, -0.15) is 0 Å². The molecule has 0 bridgehead atoms. The van der Waals surface area contributed by atoms with Crippen LogP contribution in [0.1, 0.15) is 77.0 Å². The monoisotopic (exact) mass is 464 g/mol. The first kappa shape index (κ1) is 23.5. The number of hydrogen-bond donors (Lipinski definition) is 1. The summed E-state index contributed by atoms with van der Waals surface area (Å²) in [6.45, 7) is 3.89. The molecule has 2 aromatic rings. The molecule has 0 spiro atoms. The van der Waals surface area contributed by atoms with Crippen LogP contribution in [0.4, 0.5) is 5.69 Å². The van der Waals surface area contributed by atoms with Crippen molar-refractivity contribution >= 4 is 29.4 Å². The Balaban J connectivity index is 1.44. The molecule has 34 heavy (non-hydrogen) atoms. The van der Waals surface area contributed by atoms with Gasteiger partial charge in [-0.1, -0.05) is 19.3 Å². The third-order valence-corrected chi connectivity index (χ3v) is 6.13. The molecule has 178 valence electrons. The zero-order chi connectivity index (χ0) is 24.2. The van der Waals surface area contributed by atoms with Crippen molar-refractivity contribution in [2.75, 3.05) is 11.5 Å². The number of imide groups is 1. The fourth-order valence-electron chi connectivity index (χ4n) is 4.31. The molecule has 1 heterocycles. The highest BCUT2D eigenvalue weighted by atomic mass is 16.5. The third kappa shape index (κ3) is 4.81. The van der Waals surface area contributed by atoms with Gasteiger partial charge >= 0.3 is 5.97 Å². The van der Waals surface area contributed by atoms with E-state index in [4.69, 9.17) is 9.47 Å². The number of ether oxygens (including phenoxy) is 2. The summed E-state index contributed by atoms with van der Waals surface area (Å²) in [4.78, 5) is 52.0. The quantitative estimate of drug-likeness (QED) is 0.493. The number of fused-ring (bicyclic) bond motifs is 1. The lowest BCUT2D eigenvalue weighted by Crippen LogP contribution is -2.42. The molecule has 2 aromatic carbocycles. The number of anilines is 1. The molecule has 1 unspecified atom stereocenters. The Morgan fingerprint density at radius 3 is 2.35 bits per heavy atom. The number of hydrogen-bond acceptors (Lipinski definition) is 6. The summed E-state index contributed by atoms with van der Waals surface area (Å²) < 4.78 is 10.7. The minimum Gasteiger partial charge on any atom is -0.494 e. The Bertz CT molecular complexity index is 1100. The topological polar surface area (TPSA) is 102 Å². The number of nitrogens with zero attached hydrogens (tertiary/aromatic N) is 1. The van der Waals surface area contributed by atoms with Crippen molar-refractivity contribution in [3.05, 3.63) is 59.2 Å². The van der Waals surface area contributed by atoms with E-state index in [0.717, 1.165) is 30.6 Å². The molecule has 1 aliphatic carbocycles. The predicted molar refractivity (Wildman–Crippen MR) is 125 cm³/mol. The maximum Gasteiger partial charge on any atom is 0.338 e. The molecule has 1 atom stereocenters. The summed E-state index contributed by atoms with van der Waals surface area (Å²) in [6, 6.07) is 11.0. The number of carbonyl (C=O) groups is 4. The number of rotatable bonds is 7. The fraction of sp³-hybridized carbons (Fsp3) is 0.385. The predicted octanol–water partition coefficient (Wildman–Crippen LogP) is 3.88. The van der Waals surface area contributed by atoms with Crippen molar-refractivity contribution < 1.29 is 28.7 Å². The van der Waals surface area contributed by atoms with E-state index in [0.29, 0.717) is 18.0 Å². The van der Waals surface area contributed by atoms with Gasteiger partial charge in [0.15, 0.2) is 6.10 Å². The van der Waals surface area contributed by atoms with Crippen molar-refractivity contribution in [2.24, 2.45) is 0 Å². The first-order valence-electron chi connectivity index (χ1n) is 11.7. The van der Waals surface area contributed by atoms with Crippen molar-refractivity contribution in [1.29, 1.82) is 0 Å². The maximum atomic E-state index is 13.0. The van der Waals surface area contributed by atoms with E-state index in [2.05, 4.69) is 5.32 Å². The summed E-state index contributed by atoms with van der Waals surface area (Å²) in [7, 11) is 0. The molecular weight excluding hydrogens is 436 g/mol. The Kier molecular flexibility index (Phi) is 6.95. The smallest absolute Gasteiger partial charge is 0.338 e. The van der Waals surface area contributed by atoms with Gasteiger partial charge in [0.2, 0.25) is 0 Å². The molecule has 4 rings (SSSR count). The van der Waals surface area contributed by atoms with Crippen LogP contribution in [0.25, 0.3) is 0 Å². The highest BCUT2D eigenvalue weighted by Crippen LogP contribution is 2.30. The van der Waals surface area contributed by atoms with Crippen LogP contribution in [0.2, 0.25) is 0 Å². The van der Waals surface area contributed by atoms with Gasteiger partial charge in [0.25, 0.3) is 17.7 Å². The SMILES string of the molecule is CCOc1ccc(N2C(=O)c3ccc(C(=O)OC(C)C(=O)NC4CCCCC4)cc3C2=O)cc1. The van der Waals surface area contributed by atoms with Gasteiger partial charge in [-0.25, -0.2) is 9.69 Å². The van der Waals surface area contributed by atoms with Gasteiger partial charge in [0.1, 0.15) is 5.75 Å². The molecule has 1 aliphatic heterocycles. The van der Waals surface area contributed by atoms with Gasteiger partial charge in [0, 0.05) is 6.04 Å². The van der Waals surface area contributed by atoms with Crippen LogP contribution in [0.5, 0.6) is 5.75 Å². The van der Waals surface area contributed by atoms with Crippen molar-refractivity contribution in [2.45, 2.75) is 58.1 Å². The van der Waals surface area contributed by atoms with Crippen LogP contribution in [-0.2, 0) is 9.53 Å². The summed E-state index contributed by atoms with van der Waals surface area (Å²) in [5.74, 6) is -1.43. The van der Waals surface area contributed by atoms with Crippen molar-refractivity contribution in [1.82, 2.24) is 5.32 Å². The van der Waals surface area contributed by atoms with Gasteiger partial charge in [-0.3, -0.25) is 14.4 Å². The van der Waals surface area contributed by atoms with E-state index in [1.54, 1.807) is 24.3 Å². The summed E-state index contributed by atoms with van der Waals surface area (Å²) in [5, 5.41) is 2.94. The second-order valence-corrected chi connectivity index (χ2v) is 8.52. The minimum atomic E-state index is -0.972. The zero-order valence-electron chi connectivity index (χ0n) is 19.3. The van der Waals surface area contributed by atoms with Crippen molar-refractivity contribution in [3.63, 3.8) is 0 Å². The third-order valence-electron chi connectivity index (χ3n) is 6.13. The molecule has 1 saturated carbocycles. The number of amides is 3. The van der Waals surface area contributed by atoms with E-state index in [1.165, 1.54) is 31.5 Å². The van der Waals surface area contributed by atoms with E-state index in [1.807, 2.05) is 6.92 Å². The molecular formula is C26H28N2O6. The highest BCUT2D eigenvalue weighted by molar-refractivity contribution is 6.34. The molecule has 0 aromatic heterocycles. The van der Waals surface area contributed by atoms with Crippen LogP contribution in [0.15, 0.2) is 42.5 Å². The van der Waals surface area contributed by atoms with Gasteiger partial charge in [-0.15, -0.1) is 0 Å². The average molecular weight is 465 g/mol. The number of benzene rings is 2. The molecule has 2 aliphatic rings. The second-order valence-electron chi connectivity index (χ2n) is 8.52. The standard InChI is InChI=1S/C26H28N2O6/c1-3-33-20-12-10-19(11-13-20)28-24(30)21-14-9-17(15-22(21)25(28)31)26(32)34-16(2)23(29)27-18-7-5-4-6-8-18/h9-16,18H,3-8H2,1-2H3,(H,27,29). The lowest BCUT2D eigenvalue weighted by atomic mass is 9.95. The normalized spacial score (nSPS) is 16.7. The van der Waals surface area contributed by atoms with Crippen LogP contribution >= 0.6 is 0 Å².